The molecule has 0 aliphatic carbocycles. The Labute approximate surface area is 333 Å². The Morgan fingerprint density at radius 1 is 0.351 bits per heavy atom. The number of ketones is 1. The fourth-order valence-electron chi connectivity index (χ4n) is 8.03. The maximum absolute atomic E-state index is 16.3. The average molecular weight is 737 g/mol. The second-order valence-corrected chi connectivity index (χ2v) is 13.7. The van der Waals surface area contributed by atoms with Crippen LogP contribution >= 0.6 is 0 Å². The minimum absolute atomic E-state index is 0.0761. The predicted octanol–water partition coefficient (Wildman–Crippen LogP) is 11.2. The Kier molecular flexibility index (Phi) is 10.8. The number of tetrazole rings is 1. The van der Waals surface area contributed by atoms with E-state index >= 15 is 4.79 Å². The molecule has 0 amide bonds. The number of carbonyl (C=O) groups excluding carboxylic acids is 1. The van der Waals surface area contributed by atoms with E-state index in [2.05, 4.69) is 112 Å². The van der Waals surface area contributed by atoms with Crippen molar-refractivity contribution < 1.29 is 4.79 Å². The number of benzene rings is 8. The first-order valence-corrected chi connectivity index (χ1v) is 19.0. The minimum atomic E-state index is -1.11. The van der Waals surface area contributed by atoms with E-state index in [1.807, 2.05) is 146 Å². The highest BCUT2D eigenvalue weighted by atomic mass is 16.1. The fraction of sp³-hybridized carbons (Fsp3) is 0.0385. The Morgan fingerprint density at radius 3 is 0.930 bits per heavy atom. The summed E-state index contributed by atoms with van der Waals surface area (Å²) in [5.74, 6) is 0.761. The third-order valence-electron chi connectivity index (χ3n) is 10.5. The summed E-state index contributed by atoms with van der Waals surface area (Å²) >= 11 is 0. The summed E-state index contributed by atoms with van der Waals surface area (Å²) in [5, 5.41) is 14.0. The molecule has 274 valence electrons. The van der Waals surface area contributed by atoms with E-state index in [9.17, 15) is 0 Å². The molecule has 0 saturated heterocycles. The number of nitrogens with zero attached hydrogens (tertiary/aromatic N) is 3. The van der Waals surface area contributed by atoms with Crippen molar-refractivity contribution in [3.63, 3.8) is 0 Å². The number of carbonyl (C=O) groups is 1. The molecule has 1 heterocycles. The van der Waals surface area contributed by atoms with Crippen molar-refractivity contribution in [1.29, 1.82) is 0 Å². The summed E-state index contributed by atoms with van der Waals surface area (Å²) in [7, 11) is 0. The lowest BCUT2D eigenvalue weighted by molar-refractivity contribution is -0.125. The second kappa shape index (κ2) is 16.9. The van der Waals surface area contributed by atoms with Crippen molar-refractivity contribution in [2.75, 3.05) is 0 Å². The number of hydrogen-bond acceptors (Lipinski definition) is 4. The molecule has 1 aromatic heterocycles. The molecule has 0 fully saturated rings. The Balaban J connectivity index is 0.000000222. The SMILES string of the molecule is O=C(C(c1ccccc1)(c1ccccc1)c1ccccc1)C(c1ccccc1)(c1ccccc1)c1ccccc1.c1ccc(-c2ccccc2-c2nnn[nH]2)cc1. The quantitative estimate of drug-likeness (QED) is 0.142. The van der Waals surface area contributed by atoms with Gasteiger partial charge in [-0.25, -0.2) is 5.10 Å². The van der Waals surface area contributed by atoms with Crippen molar-refractivity contribution in [3.05, 3.63) is 270 Å². The maximum Gasteiger partial charge on any atom is 0.180 e. The third-order valence-corrected chi connectivity index (χ3v) is 10.5. The summed E-state index contributed by atoms with van der Waals surface area (Å²) in [6, 6.07) is 79.6. The molecule has 0 aliphatic rings. The van der Waals surface area contributed by atoms with Gasteiger partial charge in [0.1, 0.15) is 10.8 Å². The predicted molar refractivity (Wildman–Crippen MR) is 228 cm³/mol. The van der Waals surface area contributed by atoms with E-state index in [1.54, 1.807) is 0 Å². The summed E-state index contributed by atoms with van der Waals surface area (Å²) in [5.41, 5.74) is 6.67. The average Bonchev–Trinajstić information content (AvgIpc) is 3.85. The summed E-state index contributed by atoms with van der Waals surface area (Å²) in [6.45, 7) is 0. The highest BCUT2D eigenvalue weighted by Crippen LogP contribution is 2.51. The molecular formula is C52H40N4O. The molecule has 9 aromatic rings. The van der Waals surface area contributed by atoms with Crippen LogP contribution in [0.25, 0.3) is 22.5 Å². The number of aromatic nitrogens is 4. The molecule has 5 heteroatoms. The fourth-order valence-corrected chi connectivity index (χ4v) is 8.03. The van der Waals surface area contributed by atoms with Crippen LogP contribution in [0.4, 0.5) is 0 Å². The number of aromatic amines is 1. The highest BCUT2D eigenvalue weighted by Gasteiger charge is 2.55. The second-order valence-electron chi connectivity index (χ2n) is 13.7. The van der Waals surface area contributed by atoms with Gasteiger partial charge in [0.05, 0.1) is 0 Å². The van der Waals surface area contributed by atoms with Crippen LogP contribution in [0.2, 0.25) is 0 Å². The molecular weight excluding hydrogens is 697 g/mol. The van der Waals surface area contributed by atoms with Gasteiger partial charge in [0, 0.05) is 5.56 Å². The van der Waals surface area contributed by atoms with Crippen LogP contribution in [0, 0.1) is 0 Å². The molecule has 0 aliphatic heterocycles. The van der Waals surface area contributed by atoms with Gasteiger partial charge in [-0.1, -0.05) is 237 Å². The molecule has 1 N–H and O–H groups in total. The van der Waals surface area contributed by atoms with E-state index in [0.717, 1.165) is 50.1 Å². The zero-order chi connectivity index (χ0) is 38.8. The van der Waals surface area contributed by atoms with Crippen LogP contribution in [0.3, 0.4) is 0 Å². The van der Waals surface area contributed by atoms with Crippen molar-refractivity contribution in [2.45, 2.75) is 10.8 Å². The van der Waals surface area contributed by atoms with Gasteiger partial charge in [-0.2, -0.15) is 0 Å². The van der Waals surface area contributed by atoms with Gasteiger partial charge < -0.3 is 0 Å². The molecule has 57 heavy (non-hydrogen) atoms. The standard InChI is InChI=1S/C39H30O.C13H10N4/c40-37(38(31-19-7-1-8-20-31,32-21-9-2-10-22-32)33-23-11-3-12-24-33)39(34-25-13-4-14-26-34,35-27-15-5-16-28-35)36-29-17-6-18-30-36;1-2-6-10(7-3-1)11-8-4-5-9-12(11)13-14-16-17-15-13/h1-30H;1-9H,(H,14,15,16,17). The van der Waals surface area contributed by atoms with E-state index in [4.69, 9.17) is 0 Å². The third kappa shape index (κ3) is 6.99. The van der Waals surface area contributed by atoms with Crippen LogP contribution in [0.15, 0.2) is 237 Å². The van der Waals surface area contributed by atoms with Crippen LogP contribution < -0.4 is 0 Å². The number of H-pyrrole nitrogens is 1. The topological polar surface area (TPSA) is 71.5 Å². The monoisotopic (exact) mass is 736 g/mol. The van der Waals surface area contributed by atoms with Gasteiger partial charge >= 0.3 is 0 Å². The number of Topliss-reactive ketones (excluding diaryl/α,β-unsaturated/α-hetero) is 1. The van der Waals surface area contributed by atoms with Gasteiger partial charge in [-0.15, -0.1) is 5.10 Å². The number of nitrogens with one attached hydrogen (secondary N) is 1. The lowest BCUT2D eigenvalue weighted by Gasteiger charge is -2.44. The molecule has 9 rings (SSSR count). The maximum atomic E-state index is 16.3. The normalized spacial score (nSPS) is 11.2. The molecule has 0 bridgehead atoms. The first-order chi connectivity index (χ1) is 28.2. The molecule has 0 spiro atoms. The van der Waals surface area contributed by atoms with Crippen molar-refractivity contribution >= 4 is 5.78 Å². The van der Waals surface area contributed by atoms with E-state index < -0.39 is 10.8 Å². The van der Waals surface area contributed by atoms with Gasteiger partial charge in [0.2, 0.25) is 0 Å². The van der Waals surface area contributed by atoms with Gasteiger partial charge in [0.15, 0.2) is 11.6 Å². The molecule has 8 aromatic carbocycles. The van der Waals surface area contributed by atoms with Crippen LogP contribution in [-0.4, -0.2) is 26.4 Å². The van der Waals surface area contributed by atoms with E-state index in [0.29, 0.717) is 5.82 Å². The van der Waals surface area contributed by atoms with Crippen LogP contribution in [0.1, 0.15) is 33.4 Å². The van der Waals surface area contributed by atoms with E-state index in [-0.39, 0.29) is 5.78 Å². The zero-order valence-electron chi connectivity index (χ0n) is 31.3. The van der Waals surface area contributed by atoms with Gasteiger partial charge in [-0.05, 0) is 54.9 Å². The molecule has 0 atom stereocenters. The summed E-state index contributed by atoms with van der Waals surface area (Å²) in [4.78, 5) is 16.3. The van der Waals surface area contributed by atoms with Crippen molar-refractivity contribution in [1.82, 2.24) is 20.6 Å². The van der Waals surface area contributed by atoms with Gasteiger partial charge in [0.25, 0.3) is 0 Å². The first kappa shape index (κ1) is 36.5. The molecule has 5 nitrogen and oxygen atoms in total. The van der Waals surface area contributed by atoms with Crippen LogP contribution in [0.5, 0.6) is 0 Å². The van der Waals surface area contributed by atoms with E-state index in [1.165, 1.54) is 0 Å². The van der Waals surface area contributed by atoms with Crippen molar-refractivity contribution in [3.8, 4) is 22.5 Å². The minimum Gasteiger partial charge on any atom is -0.296 e. The first-order valence-electron chi connectivity index (χ1n) is 19.0. The number of hydrogen-bond donors (Lipinski definition) is 1. The summed E-state index contributed by atoms with van der Waals surface area (Å²) < 4.78 is 0. The van der Waals surface area contributed by atoms with Crippen molar-refractivity contribution in [2.24, 2.45) is 0 Å². The Morgan fingerprint density at radius 2 is 0.632 bits per heavy atom. The molecule has 0 unspecified atom stereocenters. The highest BCUT2D eigenvalue weighted by molar-refractivity contribution is 6.09. The molecule has 0 radical (unpaired) electrons. The Hall–Kier alpha value is -7.50. The lowest BCUT2D eigenvalue weighted by atomic mass is 9.54. The zero-order valence-corrected chi connectivity index (χ0v) is 31.3. The smallest absolute Gasteiger partial charge is 0.180 e. The largest absolute Gasteiger partial charge is 0.296 e. The molecule has 0 saturated carbocycles. The summed E-state index contributed by atoms with van der Waals surface area (Å²) in [6.07, 6.45) is 0. The lowest BCUT2D eigenvalue weighted by Crippen LogP contribution is -2.52. The van der Waals surface area contributed by atoms with Gasteiger partial charge in [-0.3, -0.25) is 4.79 Å². The number of rotatable bonds is 10. The van der Waals surface area contributed by atoms with Crippen LogP contribution in [-0.2, 0) is 15.6 Å². The Bertz CT molecular complexity index is 2280.